The van der Waals surface area contributed by atoms with Gasteiger partial charge in [-0.15, -0.1) is 12.8 Å². The van der Waals surface area contributed by atoms with E-state index in [0.29, 0.717) is 5.70 Å². The van der Waals surface area contributed by atoms with Gasteiger partial charge in [0.25, 0.3) is 0 Å². The molecule has 7 heteroatoms. The van der Waals surface area contributed by atoms with Crippen molar-refractivity contribution in [2.75, 3.05) is 6.54 Å². The van der Waals surface area contributed by atoms with Gasteiger partial charge in [0.05, 0.1) is 0 Å². The lowest BCUT2D eigenvalue weighted by Gasteiger charge is -2.16. The topological polar surface area (TPSA) is 102 Å². The Morgan fingerprint density at radius 1 is 1.10 bits per heavy atom. The standard InChI is InChI=1S/C24H37FN4.H3NS/c1-3-20-12-9-10-18(2)28-15-8-6-4-5-7-11-19-13-14-23(21(25)16-19)29-24(27)17-22(20)26;1-2/h13-14,16-17,20,28H,2-12,15,26H2,1H3,(H2,27,29);2H,1H2/b22-17-;. The molecule has 0 radical (unpaired) electrons. The first-order valence-electron chi connectivity index (χ1n) is 11.3. The number of nitrogens with zero attached hydrogens (tertiary/aromatic N) is 1. The zero-order valence-electron chi connectivity index (χ0n) is 18.9. The van der Waals surface area contributed by atoms with E-state index in [9.17, 15) is 4.39 Å². The molecule has 1 atom stereocenters. The Morgan fingerprint density at radius 2 is 1.81 bits per heavy atom. The van der Waals surface area contributed by atoms with Gasteiger partial charge < -0.3 is 16.8 Å². The fraction of sp³-hybridized carbons (Fsp3) is 0.542. The van der Waals surface area contributed by atoms with Gasteiger partial charge in [0.15, 0.2) is 0 Å². The van der Waals surface area contributed by atoms with Gasteiger partial charge in [-0.1, -0.05) is 38.8 Å². The zero-order chi connectivity index (χ0) is 23.1. The minimum atomic E-state index is -0.333. The molecule has 0 spiro atoms. The predicted octanol–water partition coefficient (Wildman–Crippen LogP) is 5.25. The van der Waals surface area contributed by atoms with E-state index in [0.717, 1.165) is 69.2 Å². The van der Waals surface area contributed by atoms with Crippen LogP contribution in [0.2, 0.25) is 0 Å². The second-order valence-electron chi connectivity index (χ2n) is 8.01. The van der Waals surface area contributed by atoms with Gasteiger partial charge in [-0.3, -0.25) is 5.14 Å². The summed E-state index contributed by atoms with van der Waals surface area (Å²) >= 11 is 3.03. The van der Waals surface area contributed by atoms with Crippen LogP contribution >= 0.6 is 12.8 Å². The number of aliphatic imine (C=N–C) groups is 1. The Hall–Kier alpha value is -1.99. The number of benzene rings is 1. The molecule has 31 heavy (non-hydrogen) atoms. The van der Waals surface area contributed by atoms with E-state index >= 15 is 0 Å². The average Bonchev–Trinajstić information content (AvgIpc) is 2.75. The Kier molecular flexibility index (Phi) is 13.7. The van der Waals surface area contributed by atoms with Crippen LogP contribution in [0.15, 0.2) is 47.2 Å². The van der Waals surface area contributed by atoms with Crippen molar-refractivity contribution in [2.24, 2.45) is 27.5 Å². The van der Waals surface area contributed by atoms with Gasteiger partial charge in [-0.2, -0.15) is 0 Å². The largest absolute Gasteiger partial charge is 0.402 e. The number of nitrogens with two attached hydrogens (primary N) is 3. The molecule has 5 nitrogen and oxygen atoms in total. The van der Waals surface area contributed by atoms with Crippen molar-refractivity contribution in [1.29, 1.82) is 0 Å². The smallest absolute Gasteiger partial charge is 0.149 e. The second kappa shape index (κ2) is 15.8. The van der Waals surface area contributed by atoms with Crippen LogP contribution in [0.1, 0.15) is 70.3 Å². The highest BCUT2D eigenvalue weighted by Gasteiger charge is 2.11. The predicted molar refractivity (Wildman–Crippen MR) is 135 cm³/mol. The van der Waals surface area contributed by atoms with E-state index in [2.05, 4.69) is 41.8 Å². The summed E-state index contributed by atoms with van der Waals surface area (Å²) in [4.78, 5) is 4.24. The molecule has 0 fully saturated rings. The van der Waals surface area contributed by atoms with Crippen LogP contribution in [0.25, 0.3) is 0 Å². The summed E-state index contributed by atoms with van der Waals surface area (Å²) in [5.74, 6) is 0.141. The van der Waals surface area contributed by atoms with Crippen molar-refractivity contribution >= 4 is 24.3 Å². The van der Waals surface area contributed by atoms with Gasteiger partial charge in [-0.25, -0.2) is 9.38 Å². The highest BCUT2D eigenvalue weighted by molar-refractivity contribution is 7.77. The summed E-state index contributed by atoms with van der Waals surface area (Å²) in [7, 11) is 0. The highest BCUT2D eigenvalue weighted by Crippen LogP contribution is 2.22. The first kappa shape index (κ1) is 27.0. The van der Waals surface area contributed by atoms with Gasteiger partial charge in [0, 0.05) is 17.9 Å². The lowest BCUT2D eigenvalue weighted by Crippen LogP contribution is -2.18. The molecule has 0 saturated carbocycles. The first-order valence-corrected chi connectivity index (χ1v) is 11.8. The Labute approximate surface area is 193 Å². The molecule has 0 aliphatic carbocycles. The van der Waals surface area contributed by atoms with Gasteiger partial charge in [-0.05, 0) is 74.6 Å². The summed E-state index contributed by atoms with van der Waals surface area (Å²) in [6, 6.07) is 5.22. The van der Waals surface area contributed by atoms with Crippen LogP contribution in [0, 0.1) is 11.7 Å². The summed E-state index contributed by atoms with van der Waals surface area (Å²) in [5, 5.41) is 7.64. The molecule has 0 aromatic heterocycles. The Balaban J connectivity index is 0.00000233. The number of hydrogen-bond donors (Lipinski definition) is 5. The fourth-order valence-corrected chi connectivity index (χ4v) is 3.76. The van der Waals surface area contributed by atoms with Crippen molar-refractivity contribution in [3.8, 4) is 0 Å². The van der Waals surface area contributed by atoms with Crippen molar-refractivity contribution in [1.82, 2.24) is 5.32 Å². The Bertz CT molecular complexity index is 733. The monoisotopic (exact) mass is 449 g/mol. The van der Waals surface area contributed by atoms with Crippen molar-refractivity contribution in [3.63, 3.8) is 0 Å². The van der Waals surface area contributed by atoms with Crippen LogP contribution in [0.5, 0.6) is 0 Å². The number of amidine groups is 1. The van der Waals surface area contributed by atoms with E-state index in [4.69, 9.17) is 11.5 Å². The van der Waals surface area contributed by atoms with Crippen molar-refractivity contribution in [3.05, 3.63) is 53.6 Å². The van der Waals surface area contributed by atoms with Crippen LogP contribution in [-0.4, -0.2) is 12.4 Å². The average molecular weight is 450 g/mol. The molecule has 1 unspecified atom stereocenters. The zero-order valence-corrected chi connectivity index (χ0v) is 19.8. The van der Waals surface area contributed by atoms with E-state index < -0.39 is 0 Å². The summed E-state index contributed by atoms with van der Waals surface area (Å²) < 4.78 is 14.4. The summed E-state index contributed by atoms with van der Waals surface area (Å²) in [5.41, 5.74) is 15.4. The van der Waals surface area contributed by atoms with Crippen LogP contribution in [0.4, 0.5) is 10.1 Å². The quantitative estimate of drug-likeness (QED) is 0.378. The number of aryl methyl sites for hydroxylation is 1. The van der Waals surface area contributed by atoms with E-state index in [1.807, 2.05) is 6.07 Å². The van der Waals surface area contributed by atoms with Gasteiger partial charge >= 0.3 is 0 Å². The molecule has 3 rings (SSSR count). The molecule has 0 saturated heterocycles. The normalized spacial score (nSPS) is 21.4. The minimum Gasteiger partial charge on any atom is -0.402 e. The van der Waals surface area contributed by atoms with Gasteiger partial charge in [0.2, 0.25) is 0 Å². The number of allylic oxidation sites excluding steroid dienone is 2. The third-order valence-corrected chi connectivity index (χ3v) is 5.59. The third kappa shape index (κ3) is 10.7. The molecule has 0 amide bonds. The molecule has 2 aliphatic rings. The first-order chi connectivity index (χ1) is 15.0. The lowest BCUT2D eigenvalue weighted by atomic mass is 9.95. The summed E-state index contributed by atoms with van der Waals surface area (Å²) in [6.45, 7) is 7.24. The molecular formula is C24H40FN5S. The van der Waals surface area contributed by atoms with Gasteiger partial charge in [0.1, 0.15) is 17.3 Å². The molecule has 174 valence electrons. The molecule has 1 aromatic rings. The van der Waals surface area contributed by atoms with Crippen molar-refractivity contribution < 1.29 is 4.39 Å². The van der Waals surface area contributed by atoms with Crippen LogP contribution < -0.4 is 21.9 Å². The molecule has 7 N–H and O–H groups in total. The Morgan fingerprint density at radius 3 is 2.52 bits per heavy atom. The lowest BCUT2D eigenvalue weighted by molar-refractivity contribution is 0.507. The maximum Gasteiger partial charge on any atom is 0.149 e. The summed E-state index contributed by atoms with van der Waals surface area (Å²) in [6.07, 6.45) is 12.2. The van der Waals surface area contributed by atoms with E-state index in [-0.39, 0.29) is 23.3 Å². The molecule has 2 bridgehead atoms. The number of halogens is 1. The molecule has 2 heterocycles. The second-order valence-corrected chi connectivity index (χ2v) is 8.01. The van der Waals surface area contributed by atoms with E-state index in [1.54, 1.807) is 18.2 Å². The third-order valence-electron chi connectivity index (χ3n) is 5.59. The molecule has 2 aliphatic heterocycles. The SMILES string of the molecule is C=C1CCCC(CC)/C(N)=C/C(N)=Nc2ccc(cc2F)CCCCCCCN1.NS. The number of nitrogens with one attached hydrogen (secondary N) is 1. The number of fused-ring (bicyclic) bond motifs is 16. The van der Waals surface area contributed by atoms with Crippen molar-refractivity contribution in [2.45, 2.75) is 71.1 Å². The van der Waals surface area contributed by atoms with E-state index in [1.165, 1.54) is 12.8 Å². The highest BCUT2D eigenvalue weighted by atomic mass is 32.1. The number of thiol groups is 1. The fourth-order valence-electron chi connectivity index (χ4n) is 3.76. The van der Waals surface area contributed by atoms with Crippen LogP contribution in [0.3, 0.4) is 0 Å². The molecule has 1 aromatic carbocycles. The number of hydrogen-bond acceptors (Lipinski definition) is 6. The van der Waals surface area contributed by atoms with Crippen LogP contribution in [-0.2, 0) is 6.42 Å². The minimum absolute atomic E-state index is 0.234. The molecular weight excluding hydrogens is 409 g/mol. The maximum atomic E-state index is 14.4. The number of rotatable bonds is 1. The maximum absolute atomic E-state index is 14.4.